The Labute approximate surface area is 185 Å². The molecule has 4 aromatic rings. The van der Waals surface area contributed by atoms with Crippen LogP contribution in [0.4, 0.5) is 5.00 Å². The minimum atomic E-state index is -0.517. The highest BCUT2D eigenvalue weighted by atomic mass is 32.2. The molecule has 1 N–H and O–H groups in total. The number of esters is 1. The van der Waals surface area contributed by atoms with Crippen molar-refractivity contribution in [3.05, 3.63) is 46.8 Å². The molecule has 160 valence electrons. The van der Waals surface area contributed by atoms with Gasteiger partial charge < -0.3 is 14.5 Å². The third-order valence-electron chi connectivity index (χ3n) is 4.24. The maximum absolute atomic E-state index is 12.6. The number of ether oxygens (including phenoxy) is 1. The Kier molecular flexibility index (Phi) is 6.05. The molecule has 4 aromatic heterocycles. The maximum atomic E-state index is 12.6. The molecule has 0 aliphatic carbocycles. The van der Waals surface area contributed by atoms with E-state index in [1.54, 1.807) is 29.0 Å². The number of anilines is 1. The number of aromatic nitrogens is 4. The van der Waals surface area contributed by atoms with Crippen LogP contribution in [0.25, 0.3) is 17.1 Å². The molecule has 0 atom stereocenters. The van der Waals surface area contributed by atoms with E-state index in [2.05, 4.69) is 20.4 Å². The van der Waals surface area contributed by atoms with E-state index >= 15 is 0 Å². The summed E-state index contributed by atoms with van der Waals surface area (Å²) < 4.78 is 12.2. The minimum absolute atomic E-state index is 0.0746. The van der Waals surface area contributed by atoms with E-state index in [0.717, 1.165) is 11.4 Å². The molecular weight excluding hydrogens is 438 g/mol. The molecule has 4 rings (SSSR count). The second-order valence-electron chi connectivity index (χ2n) is 6.53. The lowest BCUT2D eigenvalue weighted by Crippen LogP contribution is -2.16. The van der Waals surface area contributed by atoms with Crippen molar-refractivity contribution in [2.24, 2.45) is 0 Å². The van der Waals surface area contributed by atoms with Crippen LogP contribution >= 0.6 is 23.1 Å². The molecule has 0 bridgehead atoms. The van der Waals surface area contributed by atoms with Crippen molar-refractivity contribution in [3.8, 4) is 11.3 Å². The van der Waals surface area contributed by atoms with Crippen molar-refractivity contribution in [2.75, 3.05) is 17.7 Å². The number of amides is 1. The number of fused-ring (bicyclic) bond motifs is 1. The number of hydrogen-bond acceptors (Lipinski definition) is 9. The van der Waals surface area contributed by atoms with E-state index < -0.39 is 5.97 Å². The summed E-state index contributed by atoms with van der Waals surface area (Å²) in [6.45, 7) is 5.76. The fourth-order valence-electron chi connectivity index (χ4n) is 2.97. The molecular formula is C20H19N5O4S2. The molecule has 0 fully saturated rings. The smallest absolute Gasteiger partial charge is 0.341 e. The number of nitrogens with zero attached hydrogens (tertiary/aromatic N) is 4. The highest BCUT2D eigenvalue weighted by Crippen LogP contribution is 2.36. The third kappa shape index (κ3) is 4.47. The summed E-state index contributed by atoms with van der Waals surface area (Å²) in [7, 11) is 0. The topological polar surface area (TPSA) is 112 Å². The lowest BCUT2D eigenvalue weighted by molar-refractivity contribution is -0.113. The molecule has 9 nitrogen and oxygen atoms in total. The molecule has 0 saturated carbocycles. The van der Waals surface area contributed by atoms with E-state index in [4.69, 9.17) is 9.15 Å². The molecule has 0 saturated heterocycles. The van der Waals surface area contributed by atoms with Gasteiger partial charge in [0.05, 0.1) is 18.6 Å². The van der Waals surface area contributed by atoms with Crippen LogP contribution in [-0.4, -0.2) is 43.8 Å². The van der Waals surface area contributed by atoms with Gasteiger partial charge in [0.2, 0.25) is 11.1 Å². The summed E-state index contributed by atoms with van der Waals surface area (Å²) in [4.78, 5) is 33.8. The number of aryl methyl sites for hydroxylation is 2. The minimum Gasteiger partial charge on any atom is -0.464 e. The Morgan fingerprint density at radius 1 is 1.32 bits per heavy atom. The Balaban J connectivity index is 1.50. The SMILES string of the molecule is CCOC(=O)c1c(-c2ccco2)csc1NC(=O)CSc1nc2nc(C)cc(C)n2n1. The predicted molar refractivity (Wildman–Crippen MR) is 118 cm³/mol. The number of thiophene rings is 1. The van der Waals surface area contributed by atoms with E-state index in [1.165, 1.54) is 29.4 Å². The van der Waals surface area contributed by atoms with Crippen molar-refractivity contribution < 1.29 is 18.7 Å². The van der Waals surface area contributed by atoms with E-state index in [0.29, 0.717) is 27.3 Å². The van der Waals surface area contributed by atoms with Crippen LogP contribution in [0.15, 0.2) is 39.4 Å². The summed E-state index contributed by atoms with van der Waals surface area (Å²) in [5, 5.41) is 9.79. The molecule has 1 amide bonds. The Morgan fingerprint density at radius 2 is 2.16 bits per heavy atom. The number of carbonyl (C=O) groups is 2. The quantitative estimate of drug-likeness (QED) is 0.328. The second-order valence-corrected chi connectivity index (χ2v) is 8.36. The fourth-order valence-corrected chi connectivity index (χ4v) is 4.54. The van der Waals surface area contributed by atoms with Crippen molar-refractivity contribution in [2.45, 2.75) is 25.9 Å². The number of hydrogen-bond donors (Lipinski definition) is 1. The Bertz CT molecular complexity index is 1250. The first-order chi connectivity index (χ1) is 15.0. The molecule has 0 aliphatic heterocycles. The molecule has 4 heterocycles. The van der Waals surface area contributed by atoms with Crippen LogP contribution in [0.2, 0.25) is 0 Å². The molecule has 0 radical (unpaired) electrons. The first-order valence-electron chi connectivity index (χ1n) is 9.42. The lowest BCUT2D eigenvalue weighted by Gasteiger charge is -2.07. The van der Waals surface area contributed by atoms with E-state index in [-0.39, 0.29) is 23.8 Å². The van der Waals surface area contributed by atoms with Crippen molar-refractivity contribution in [1.82, 2.24) is 19.6 Å². The van der Waals surface area contributed by atoms with Gasteiger partial charge in [0, 0.05) is 22.3 Å². The van der Waals surface area contributed by atoms with Crippen LogP contribution in [0.3, 0.4) is 0 Å². The molecule has 0 aromatic carbocycles. The number of thioether (sulfide) groups is 1. The van der Waals surface area contributed by atoms with Crippen molar-refractivity contribution in [1.29, 1.82) is 0 Å². The van der Waals surface area contributed by atoms with Gasteiger partial charge in [-0.05, 0) is 39.0 Å². The van der Waals surface area contributed by atoms with Crippen molar-refractivity contribution >= 4 is 45.8 Å². The number of rotatable bonds is 7. The average Bonchev–Trinajstić information content (AvgIpc) is 3.45. The fraction of sp³-hybridized carbons (Fsp3) is 0.250. The standard InChI is InChI=1S/C20H19N5O4S2/c1-4-28-18(27)16-13(14-6-5-7-29-14)9-30-17(16)22-15(26)10-31-20-23-19-21-11(2)8-12(3)25(19)24-20/h5-9H,4,10H2,1-3H3,(H,22,26). The van der Waals surface area contributed by atoms with Crippen molar-refractivity contribution in [3.63, 3.8) is 0 Å². The van der Waals surface area contributed by atoms with E-state index in [9.17, 15) is 9.59 Å². The average molecular weight is 458 g/mol. The highest BCUT2D eigenvalue weighted by Gasteiger charge is 2.24. The molecule has 31 heavy (non-hydrogen) atoms. The van der Waals surface area contributed by atoms with Gasteiger partial charge in [-0.15, -0.1) is 16.4 Å². The third-order valence-corrected chi connectivity index (χ3v) is 5.97. The van der Waals surface area contributed by atoms with Gasteiger partial charge in [0.1, 0.15) is 16.3 Å². The van der Waals surface area contributed by atoms with Gasteiger partial charge in [-0.3, -0.25) is 4.79 Å². The highest BCUT2D eigenvalue weighted by molar-refractivity contribution is 7.99. The number of carbonyl (C=O) groups excluding carboxylic acids is 2. The molecule has 0 spiro atoms. The first-order valence-corrected chi connectivity index (χ1v) is 11.3. The van der Waals surface area contributed by atoms with Crippen LogP contribution in [0.5, 0.6) is 0 Å². The zero-order valence-corrected chi connectivity index (χ0v) is 18.7. The van der Waals surface area contributed by atoms with Gasteiger partial charge in [-0.1, -0.05) is 11.8 Å². The number of furan rings is 1. The summed E-state index contributed by atoms with van der Waals surface area (Å²) >= 11 is 2.43. The van der Waals surface area contributed by atoms with Gasteiger partial charge in [-0.2, -0.15) is 4.98 Å². The van der Waals surface area contributed by atoms with Gasteiger partial charge in [0.15, 0.2) is 0 Å². The van der Waals surface area contributed by atoms with Gasteiger partial charge >= 0.3 is 5.97 Å². The lowest BCUT2D eigenvalue weighted by atomic mass is 10.1. The zero-order chi connectivity index (χ0) is 22.0. The summed E-state index contributed by atoms with van der Waals surface area (Å²) in [5.74, 6) is 0.290. The van der Waals surface area contributed by atoms with Crippen LogP contribution in [0, 0.1) is 13.8 Å². The molecule has 11 heteroatoms. The number of nitrogens with one attached hydrogen (secondary N) is 1. The van der Waals surface area contributed by atoms with E-state index in [1.807, 2.05) is 19.9 Å². The van der Waals surface area contributed by atoms with Crippen LogP contribution < -0.4 is 5.32 Å². The molecule has 0 aliphatic rings. The van der Waals surface area contributed by atoms with Gasteiger partial charge in [-0.25, -0.2) is 14.3 Å². The van der Waals surface area contributed by atoms with Gasteiger partial charge in [0.25, 0.3) is 5.78 Å². The summed E-state index contributed by atoms with van der Waals surface area (Å²) in [5.41, 5.74) is 2.62. The maximum Gasteiger partial charge on any atom is 0.341 e. The first kappa shape index (κ1) is 21.1. The zero-order valence-electron chi connectivity index (χ0n) is 17.0. The Hall–Kier alpha value is -3.18. The normalized spacial score (nSPS) is 11.1. The Morgan fingerprint density at radius 3 is 2.90 bits per heavy atom. The van der Waals surface area contributed by atoms with Crippen LogP contribution in [-0.2, 0) is 9.53 Å². The molecule has 0 unspecified atom stereocenters. The second kappa shape index (κ2) is 8.90. The summed E-state index contributed by atoms with van der Waals surface area (Å²) in [6, 6.07) is 5.39. The summed E-state index contributed by atoms with van der Waals surface area (Å²) in [6.07, 6.45) is 1.52. The largest absolute Gasteiger partial charge is 0.464 e. The van der Waals surface area contributed by atoms with Crippen LogP contribution in [0.1, 0.15) is 28.7 Å². The predicted octanol–water partition coefficient (Wildman–Crippen LogP) is 3.97. The monoisotopic (exact) mass is 457 g/mol.